The predicted octanol–water partition coefficient (Wildman–Crippen LogP) is 2.67. The third-order valence-electron chi connectivity index (χ3n) is 2.97. The van der Waals surface area contributed by atoms with Crippen LogP contribution in [0.4, 0.5) is 17.6 Å². The topological polar surface area (TPSA) is 29.5 Å². The summed E-state index contributed by atoms with van der Waals surface area (Å²) in [5.41, 5.74) is 0.298. The van der Waals surface area contributed by atoms with E-state index in [1.54, 1.807) is 0 Å². The lowest BCUT2D eigenvalue weighted by Gasteiger charge is -2.39. The third-order valence-corrected chi connectivity index (χ3v) is 2.97. The summed E-state index contributed by atoms with van der Waals surface area (Å²) in [6, 6.07) is 3.04. The zero-order valence-corrected chi connectivity index (χ0v) is 10.00. The standard InChI is InChI=1S/C12H11F4NO2/c1-7(18)17-5-8(6-17)10-3-2-9(4-11(10)13)19-12(14,15)16/h2-4,8H,5-6H2,1H3. The van der Waals surface area contributed by atoms with Gasteiger partial charge in [-0.3, -0.25) is 4.79 Å². The predicted molar refractivity (Wildman–Crippen MR) is 58.1 cm³/mol. The van der Waals surface area contributed by atoms with Crippen molar-refractivity contribution in [3.8, 4) is 5.75 Å². The number of alkyl halides is 3. The number of rotatable bonds is 2. The molecule has 1 aliphatic rings. The van der Waals surface area contributed by atoms with Crippen LogP contribution < -0.4 is 4.74 Å². The van der Waals surface area contributed by atoms with Gasteiger partial charge in [0, 0.05) is 32.0 Å². The Kier molecular flexibility index (Phi) is 3.38. The number of nitrogens with zero attached hydrogens (tertiary/aromatic N) is 1. The van der Waals surface area contributed by atoms with E-state index in [9.17, 15) is 22.4 Å². The summed E-state index contributed by atoms with van der Waals surface area (Å²) >= 11 is 0. The lowest BCUT2D eigenvalue weighted by Crippen LogP contribution is -2.47. The molecule has 3 nitrogen and oxygen atoms in total. The molecule has 1 aromatic rings. The second-order valence-corrected chi connectivity index (χ2v) is 4.35. The van der Waals surface area contributed by atoms with Crippen molar-refractivity contribution < 1.29 is 27.1 Å². The number of benzene rings is 1. The quantitative estimate of drug-likeness (QED) is 0.778. The van der Waals surface area contributed by atoms with Crippen molar-refractivity contribution in [3.05, 3.63) is 29.6 Å². The Morgan fingerprint density at radius 2 is 2.00 bits per heavy atom. The molecule has 0 N–H and O–H groups in total. The molecule has 0 bridgehead atoms. The zero-order valence-electron chi connectivity index (χ0n) is 10.00. The van der Waals surface area contributed by atoms with Crippen molar-refractivity contribution in [3.63, 3.8) is 0 Å². The SMILES string of the molecule is CC(=O)N1CC(c2ccc(OC(F)(F)F)cc2F)C1. The van der Waals surface area contributed by atoms with Gasteiger partial charge >= 0.3 is 6.36 Å². The molecule has 0 aromatic heterocycles. The van der Waals surface area contributed by atoms with Crippen molar-refractivity contribution in [2.24, 2.45) is 0 Å². The van der Waals surface area contributed by atoms with E-state index in [1.165, 1.54) is 17.9 Å². The molecule has 0 atom stereocenters. The average molecular weight is 277 g/mol. The molecule has 0 radical (unpaired) electrons. The molecule has 2 rings (SSSR count). The highest BCUT2D eigenvalue weighted by atomic mass is 19.4. The number of amides is 1. The summed E-state index contributed by atoms with van der Waals surface area (Å²) in [4.78, 5) is 12.5. The fraction of sp³-hybridized carbons (Fsp3) is 0.417. The number of likely N-dealkylation sites (tertiary alicyclic amines) is 1. The van der Waals surface area contributed by atoms with Crippen molar-refractivity contribution in [2.45, 2.75) is 19.2 Å². The van der Waals surface area contributed by atoms with Crippen molar-refractivity contribution in [1.82, 2.24) is 4.90 Å². The van der Waals surface area contributed by atoms with Crippen LogP contribution in [0.15, 0.2) is 18.2 Å². The first kappa shape index (κ1) is 13.6. The maximum atomic E-state index is 13.7. The van der Waals surface area contributed by atoms with Gasteiger partial charge in [0.1, 0.15) is 11.6 Å². The molecule has 1 fully saturated rings. The van der Waals surface area contributed by atoms with Gasteiger partial charge in [0.25, 0.3) is 0 Å². The molecule has 1 amide bonds. The summed E-state index contributed by atoms with van der Waals surface area (Å²) < 4.78 is 53.2. The van der Waals surface area contributed by atoms with Gasteiger partial charge in [0.15, 0.2) is 0 Å². The Hall–Kier alpha value is -1.79. The minimum atomic E-state index is -4.84. The Morgan fingerprint density at radius 3 is 2.47 bits per heavy atom. The molecule has 1 saturated heterocycles. The lowest BCUT2D eigenvalue weighted by atomic mass is 9.91. The van der Waals surface area contributed by atoms with Gasteiger partial charge in [-0.15, -0.1) is 13.2 Å². The van der Waals surface area contributed by atoms with Crippen LogP contribution in [0.25, 0.3) is 0 Å². The lowest BCUT2D eigenvalue weighted by molar-refractivity contribution is -0.274. The van der Waals surface area contributed by atoms with Gasteiger partial charge in [0.05, 0.1) is 0 Å². The number of ether oxygens (including phenoxy) is 1. The van der Waals surface area contributed by atoms with E-state index >= 15 is 0 Å². The Labute approximate surface area is 106 Å². The summed E-state index contributed by atoms with van der Waals surface area (Å²) in [5, 5.41) is 0. The van der Waals surface area contributed by atoms with Crippen LogP contribution in [-0.2, 0) is 4.79 Å². The monoisotopic (exact) mass is 277 g/mol. The maximum Gasteiger partial charge on any atom is 0.573 e. The van der Waals surface area contributed by atoms with E-state index in [1.807, 2.05) is 0 Å². The van der Waals surface area contributed by atoms with Crippen molar-refractivity contribution >= 4 is 5.91 Å². The van der Waals surface area contributed by atoms with E-state index in [0.29, 0.717) is 24.7 Å². The van der Waals surface area contributed by atoms with Gasteiger partial charge in [-0.05, 0) is 11.6 Å². The Balaban J connectivity index is 2.07. The zero-order chi connectivity index (χ0) is 14.2. The van der Waals surface area contributed by atoms with Crippen LogP contribution in [0.2, 0.25) is 0 Å². The van der Waals surface area contributed by atoms with Gasteiger partial charge < -0.3 is 9.64 Å². The first-order chi connectivity index (χ1) is 8.76. The summed E-state index contributed by atoms with van der Waals surface area (Å²) in [7, 11) is 0. The van der Waals surface area contributed by atoms with Gasteiger partial charge in [0.2, 0.25) is 5.91 Å². The molecule has 1 heterocycles. The molecule has 0 spiro atoms. The highest BCUT2D eigenvalue weighted by Gasteiger charge is 2.33. The molecule has 7 heteroatoms. The molecule has 0 unspecified atom stereocenters. The molecule has 104 valence electrons. The maximum absolute atomic E-state index is 13.7. The molecule has 1 aromatic carbocycles. The highest BCUT2D eigenvalue weighted by Crippen LogP contribution is 2.32. The van der Waals surface area contributed by atoms with E-state index in [4.69, 9.17) is 0 Å². The van der Waals surface area contributed by atoms with E-state index in [-0.39, 0.29) is 11.8 Å². The number of hydrogen-bond acceptors (Lipinski definition) is 2. The minimum absolute atomic E-state index is 0.103. The van der Waals surface area contributed by atoms with E-state index < -0.39 is 17.9 Å². The molecule has 19 heavy (non-hydrogen) atoms. The molecule has 0 saturated carbocycles. The van der Waals surface area contributed by atoms with Crippen LogP contribution in [0.3, 0.4) is 0 Å². The third kappa shape index (κ3) is 3.15. The Bertz CT molecular complexity index is 495. The second-order valence-electron chi connectivity index (χ2n) is 4.35. The molecule has 1 aliphatic heterocycles. The summed E-state index contributed by atoms with van der Waals surface area (Å²) in [6.45, 7) is 2.17. The van der Waals surface area contributed by atoms with E-state index in [0.717, 1.165) is 6.07 Å². The van der Waals surface area contributed by atoms with Crippen LogP contribution >= 0.6 is 0 Å². The number of hydrogen-bond donors (Lipinski definition) is 0. The average Bonchev–Trinajstić information content (AvgIpc) is 2.15. The van der Waals surface area contributed by atoms with Crippen LogP contribution in [0.1, 0.15) is 18.4 Å². The fourth-order valence-electron chi connectivity index (χ4n) is 1.97. The normalized spacial score (nSPS) is 16.2. The van der Waals surface area contributed by atoms with Gasteiger partial charge in [-0.25, -0.2) is 4.39 Å². The van der Waals surface area contributed by atoms with Crippen LogP contribution in [-0.4, -0.2) is 30.3 Å². The van der Waals surface area contributed by atoms with Crippen LogP contribution in [0.5, 0.6) is 5.75 Å². The second kappa shape index (κ2) is 4.71. The van der Waals surface area contributed by atoms with Crippen molar-refractivity contribution in [2.75, 3.05) is 13.1 Å². The largest absolute Gasteiger partial charge is 0.573 e. The number of carbonyl (C=O) groups excluding carboxylic acids is 1. The first-order valence-electron chi connectivity index (χ1n) is 5.57. The smallest absolute Gasteiger partial charge is 0.406 e. The fourth-order valence-corrected chi connectivity index (χ4v) is 1.97. The molecular formula is C12H11F4NO2. The highest BCUT2D eigenvalue weighted by molar-refractivity contribution is 5.74. The number of carbonyl (C=O) groups is 1. The number of halogens is 4. The Morgan fingerprint density at radius 1 is 1.37 bits per heavy atom. The molecule has 0 aliphatic carbocycles. The molecular weight excluding hydrogens is 266 g/mol. The van der Waals surface area contributed by atoms with Gasteiger partial charge in [-0.1, -0.05) is 6.07 Å². The summed E-state index contributed by atoms with van der Waals surface area (Å²) in [6.07, 6.45) is -4.84. The van der Waals surface area contributed by atoms with E-state index in [2.05, 4.69) is 4.74 Å². The summed E-state index contributed by atoms with van der Waals surface area (Å²) in [5.74, 6) is -1.62. The van der Waals surface area contributed by atoms with Crippen molar-refractivity contribution in [1.29, 1.82) is 0 Å². The first-order valence-corrected chi connectivity index (χ1v) is 5.57. The van der Waals surface area contributed by atoms with Crippen LogP contribution in [0, 0.1) is 5.82 Å². The minimum Gasteiger partial charge on any atom is -0.406 e. The van der Waals surface area contributed by atoms with Gasteiger partial charge in [-0.2, -0.15) is 0 Å².